The molecule has 0 unspecified atom stereocenters. The molecule has 0 aliphatic heterocycles. The lowest BCUT2D eigenvalue weighted by molar-refractivity contribution is -0.119. The molecule has 1 rings (SSSR count). The van der Waals surface area contributed by atoms with Crippen LogP contribution in [0.2, 0.25) is 0 Å². The van der Waals surface area contributed by atoms with E-state index in [-0.39, 0.29) is 12.5 Å². The Bertz CT molecular complexity index is 411. The highest BCUT2D eigenvalue weighted by atomic mass is 16.1. The van der Waals surface area contributed by atoms with E-state index in [2.05, 4.69) is 29.6 Å². The van der Waals surface area contributed by atoms with Crippen LogP contribution in [-0.2, 0) is 18.3 Å². The molecule has 1 aromatic heterocycles. The minimum absolute atomic E-state index is 0.0395. The summed E-state index contributed by atoms with van der Waals surface area (Å²) < 4.78 is 1.67. The van der Waals surface area contributed by atoms with E-state index in [1.165, 1.54) is 0 Å². The second-order valence-electron chi connectivity index (χ2n) is 4.74. The number of rotatable bonds is 6. The summed E-state index contributed by atoms with van der Waals surface area (Å²) in [6, 6.07) is 0. The molecule has 0 atom stereocenters. The first-order valence-corrected chi connectivity index (χ1v) is 6.27. The summed E-state index contributed by atoms with van der Waals surface area (Å²) in [7, 11) is 1.81. The number of nitrogen functional groups attached to an aromatic ring is 1. The van der Waals surface area contributed by atoms with E-state index < -0.39 is 0 Å². The number of nitrogens with zero attached hydrogens (tertiary/aromatic N) is 2. The molecular weight excluding hydrogens is 230 g/mol. The molecule has 0 bridgehead atoms. The summed E-state index contributed by atoms with van der Waals surface area (Å²) in [5.74, 6) is 1.11. The number of hydrogen-bond donors (Lipinski definition) is 3. The van der Waals surface area contributed by atoms with E-state index in [0.29, 0.717) is 24.0 Å². The fourth-order valence-electron chi connectivity index (χ4n) is 1.61. The van der Waals surface area contributed by atoms with Crippen LogP contribution in [0.5, 0.6) is 0 Å². The lowest BCUT2D eigenvalue weighted by atomic mass is 10.2. The first kappa shape index (κ1) is 14.3. The van der Waals surface area contributed by atoms with Crippen molar-refractivity contribution in [1.82, 2.24) is 15.1 Å². The van der Waals surface area contributed by atoms with Gasteiger partial charge in [0.2, 0.25) is 5.91 Å². The Morgan fingerprint density at radius 2 is 2.17 bits per heavy atom. The Labute approximate surface area is 108 Å². The van der Waals surface area contributed by atoms with Crippen molar-refractivity contribution in [2.45, 2.75) is 27.2 Å². The van der Waals surface area contributed by atoms with Gasteiger partial charge in [0, 0.05) is 13.6 Å². The Balaban J connectivity index is 2.53. The van der Waals surface area contributed by atoms with Crippen molar-refractivity contribution < 1.29 is 4.79 Å². The van der Waals surface area contributed by atoms with Crippen LogP contribution in [0.4, 0.5) is 11.5 Å². The topological polar surface area (TPSA) is 85.0 Å². The summed E-state index contributed by atoms with van der Waals surface area (Å²) >= 11 is 0. The average Bonchev–Trinajstić information content (AvgIpc) is 2.59. The minimum atomic E-state index is -0.0395. The Morgan fingerprint density at radius 3 is 2.67 bits per heavy atom. The molecule has 6 nitrogen and oxygen atoms in total. The fourth-order valence-corrected chi connectivity index (χ4v) is 1.61. The monoisotopic (exact) mass is 253 g/mol. The minimum Gasteiger partial charge on any atom is -0.394 e. The Morgan fingerprint density at radius 1 is 1.50 bits per heavy atom. The number of carbonyl (C=O) groups excluding carboxylic acids is 1. The molecule has 0 saturated heterocycles. The number of aromatic nitrogens is 2. The lowest BCUT2D eigenvalue weighted by Gasteiger charge is -2.10. The molecule has 1 amide bonds. The maximum atomic E-state index is 11.6. The Hall–Kier alpha value is -1.72. The zero-order chi connectivity index (χ0) is 13.7. The number of carbonyl (C=O) groups is 1. The van der Waals surface area contributed by atoms with Crippen LogP contribution in [0, 0.1) is 5.92 Å². The van der Waals surface area contributed by atoms with E-state index in [9.17, 15) is 4.79 Å². The second kappa shape index (κ2) is 6.28. The van der Waals surface area contributed by atoms with Crippen molar-refractivity contribution in [1.29, 1.82) is 0 Å². The van der Waals surface area contributed by atoms with Crippen LogP contribution in [0.25, 0.3) is 0 Å². The average molecular weight is 253 g/mol. The molecule has 0 aromatic carbocycles. The van der Waals surface area contributed by atoms with Crippen LogP contribution in [0.15, 0.2) is 0 Å². The molecule has 0 spiro atoms. The van der Waals surface area contributed by atoms with Gasteiger partial charge in [-0.05, 0) is 12.3 Å². The molecule has 18 heavy (non-hydrogen) atoms. The normalized spacial score (nSPS) is 10.7. The molecule has 1 heterocycles. The first-order valence-electron chi connectivity index (χ1n) is 6.27. The van der Waals surface area contributed by atoms with Gasteiger partial charge in [0.15, 0.2) is 0 Å². The highest BCUT2D eigenvalue weighted by Crippen LogP contribution is 2.21. The van der Waals surface area contributed by atoms with Gasteiger partial charge < -0.3 is 16.4 Å². The summed E-state index contributed by atoms with van der Waals surface area (Å²) in [5.41, 5.74) is 7.42. The molecule has 6 heteroatoms. The van der Waals surface area contributed by atoms with Gasteiger partial charge in [0.05, 0.1) is 17.9 Å². The van der Waals surface area contributed by atoms with Crippen LogP contribution in [0.3, 0.4) is 0 Å². The standard InChI is InChI=1S/C12H23N5O/c1-5-9-11(13)12(17(4)16-9)15-7-10(18)14-6-8(2)3/h8,15H,5-7,13H2,1-4H3,(H,14,18). The van der Waals surface area contributed by atoms with Crippen LogP contribution < -0.4 is 16.4 Å². The zero-order valence-electron chi connectivity index (χ0n) is 11.6. The summed E-state index contributed by atoms with van der Waals surface area (Å²) in [4.78, 5) is 11.6. The van der Waals surface area contributed by atoms with E-state index in [1.807, 2.05) is 14.0 Å². The van der Waals surface area contributed by atoms with Gasteiger partial charge in [0.25, 0.3) is 0 Å². The van der Waals surface area contributed by atoms with Crippen LogP contribution >= 0.6 is 0 Å². The number of nitrogens with two attached hydrogens (primary N) is 1. The van der Waals surface area contributed by atoms with E-state index in [1.54, 1.807) is 4.68 Å². The molecule has 0 aliphatic rings. The first-order chi connectivity index (χ1) is 8.45. The quantitative estimate of drug-likeness (QED) is 0.698. The summed E-state index contributed by atoms with van der Waals surface area (Å²) in [6.45, 7) is 7.00. The third kappa shape index (κ3) is 3.65. The highest BCUT2D eigenvalue weighted by molar-refractivity contribution is 5.81. The van der Waals surface area contributed by atoms with Gasteiger partial charge in [0.1, 0.15) is 5.82 Å². The van der Waals surface area contributed by atoms with E-state index in [0.717, 1.165) is 12.1 Å². The van der Waals surface area contributed by atoms with Crippen molar-refractivity contribution in [3.05, 3.63) is 5.69 Å². The van der Waals surface area contributed by atoms with Crippen molar-refractivity contribution in [2.75, 3.05) is 24.1 Å². The van der Waals surface area contributed by atoms with Gasteiger partial charge in [-0.15, -0.1) is 0 Å². The molecule has 102 valence electrons. The third-order valence-electron chi connectivity index (χ3n) is 2.62. The fraction of sp³-hybridized carbons (Fsp3) is 0.667. The molecule has 4 N–H and O–H groups in total. The maximum absolute atomic E-state index is 11.6. The molecule has 0 fully saturated rings. The predicted molar refractivity (Wildman–Crippen MR) is 73.3 cm³/mol. The Kier molecular flexibility index (Phi) is 5.00. The molecular formula is C12H23N5O. The van der Waals surface area contributed by atoms with Gasteiger partial charge >= 0.3 is 0 Å². The van der Waals surface area contributed by atoms with Gasteiger partial charge in [-0.2, -0.15) is 5.10 Å². The SMILES string of the molecule is CCc1nn(C)c(NCC(=O)NCC(C)C)c1N. The van der Waals surface area contributed by atoms with E-state index >= 15 is 0 Å². The van der Waals surface area contributed by atoms with Crippen molar-refractivity contribution >= 4 is 17.4 Å². The highest BCUT2D eigenvalue weighted by Gasteiger charge is 2.12. The van der Waals surface area contributed by atoms with Crippen molar-refractivity contribution in [3.63, 3.8) is 0 Å². The maximum Gasteiger partial charge on any atom is 0.239 e. The van der Waals surface area contributed by atoms with Crippen LogP contribution in [0.1, 0.15) is 26.5 Å². The predicted octanol–water partition coefficient (Wildman–Crippen LogP) is 0.749. The summed E-state index contributed by atoms with van der Waals surface area (Å²) in [6.07, 6.45) is 0.779. The largest absolute Gasteiger partial charge is 0.394 e. The summed E-state index contributed by atoms with van der Waals surface area (Å²) in [5, 5.41) is 10.1. The molecule has 0 saturated carbocycles. The molecule has 0 aliphatic carbocycles. The second-order valence-corrected chi connectivity index (χ2v) is 4.74. The third-order valence-corrected chi connectivity index (χ3v) is 2.62. The van der Waals surface area contributed by atoms with Gasteiger partial charge in [-0.1, -0.05) is 20.8 Å². The lowest BCUT2D eigenvalue weighted by Crippen LogP contribution is -2.32. The van der Waals surface area contributed by atoms with Crippen molar-refractivity contribution in [3.8, 4) is 0 Å². The zero-order valence-corrected chi connectivity index (χ0v) is 11.6. The molecule has 0 radical (unpaired) electrons. The van der Waals surface area contributed by atoms with E-state index in [4.69, 9.17) is 5.73 Å². The number of hydrogen-bond acceptors (Lipinski definition) is 4. The smallest absolute Gasteiger partial charge is 0.239 e. The molecule has 1 aromatic rings. The number of nitrogens with one attached hydrogen (secondary N) is 2. The van der Waals surface area contributed by atoms with Crippen molar-refractivity contribution in [2.24, 2.45) is 13.0 Å². The number of anilines is 2. The number of aryl methyl sites for hydroxylation is 2. The number of amides is 1. The van der Waals surface area contributed by atoms with Gasteiger partial charge in [-0.3, -0.25) is 9.48 Å². The van der Waals surface area contributed by atoms with Gasteiger partial charge in [-0.25, -0.2) is 0 Å². The van der Waals surface area contributed by atoms with Crippen LogP contribution in [-0.4, -0.2) is 28.8 Å².